The highest BCUT2D eigenvalue weighted by Crippen LogP contribution is 2.18. The Hall–Kier alpha value is -1.64. The predicted molar refractivity (Wildman–Crippen MR) is 71.5 cm³/mol. The molecule has 0 aromatic heterocycles. The first kappa shape index (κ1) is 12.8. The molecule has 0 radical (unpaired) electrons. The first-order valence-corrected chi connectivity index (χ1v) is 5.94. The van der Waals surface area contributed by atoms with Crippen molar-refractivity contribution in [1.82, 2.24) is 0 Å². The molecule has 2 rings (SSSR count). The molecule has 0 spiro atoms. The lowest BCUT2D eigenvalue weighted by atomic mass is 9.99. The number of hydrogen-bond donors (Lipinski definition) is 0. The van der Waals surface area contributed by atoms with Crippen molar-refractivity contribution in [3.8, 4) is 0 Å². The number of halogens is 2. The van der Waals surface area contributed by atoms with Crippen LogP contribution in [-0.2, 0) is 0 Å². The first-order valence-electron chi connectivity index (χ1n) is 5.18. The Bertz CT molecular complexity index is 603. The van der Waals surface area contributed by atoms with E-state index in [9.17, 15) is 9.59 Å². The summed E-state index contributed by atoms with van der Waals surface area (Å²) >= 11 is 11.2. The van der Waals surface area contributed by atoms with E-state index in [1.807, 2.05) is 0 Å². The van der Waals surface area contributed by atoms with Gasteiger partial charge >= 0.3 is 0 Å². The molecule has 0 amide bonds. The van der Waals surface area contributed by atoms with Crippen molar-refractivity contribution in [2.75, 3.05) is 0 Å². The summed E-state index contributed by atoms with van der Waals surface area (Å²) in [5.41, 5.74) is 0.962. The molecule has 2 nitrogen and oxygen atoms in total. The van der Waals surface area contributed by atoms with Crippen molar-refractivity contribution in [2.24, 2.45) is 0 Å². The second kappa shape index (κ2) is 5.34. The van der Waals surface area contributed by atoms with Gasteiger partial charge in [0, 0.05) is 21.7 Å². The van der Waals surface area contributed by atoms with Gasteiger partial charge in [-0.3, -0.25) is 9.59 Å². The van der Waals surface area contributed by atoms with Gasteiger partial charge in [-0.1, -0.05) is 29.8 Å². The fourth-order valence-electron chi connectivity index (χ4n) is 1.61. The van der Waals surface area contributed by atoms with E-state index in [0.29, 0.717) is 16.1 Å². The van der Waals surface area contributed by atoms with E-state index in [2.05, 4.69) is 0 Å². The first-order chi connectivity index (χ1) is 8.59. The van der Waals surface area contributed by atoms with Crippen molar-refractivity contribution >= 4 is 34.2 Å². The summed E-state index contributed by atoms with van der Waals surface area (Å²) < 4.78 is 0. The molecule has 0 saturated carbocycles. The lowest BCUT2D eigenvalue weighted by Gasteiger charge is -2.05. The minimum Gasteiger partial charge on any atom is -0.289 e. The number of carbonyl (C=O) groups excluding carboxylic acids is 2. The lowest BCUT2D eigenvalue weighted by molar-refractivity contribution is 0.102. The van der Waals surface area contributed by atoms with Gasteiger partial charge in [0.15, 0.2) is 5.78 Å². The molecule has 0 aliphatic heterocycles. The zero-order valence-electron chi connectivity index (χ0n) is 9.19. The number of rotatable bonds is 3. The van der Waals surface area contributed by atoms with Crippen LogP contribution in [-0.4, -0.2) is 11.0 Å². The summed E-state index contributed by atoms with van der Waals surface area (Å²) in [6.45, 7) is 0. The fraction of sp³-hybridized carbons (Fsp3) is 0. The third-order valence-corrected chi connectivity index (χ3v) is 2.95. The fourth-order valence-corrected chi connectivity index (χ4v) is 1.90. The maximum Gasteiger partial charge on any atom is 0.253 e. The highest BCUT2D eigenvalue weighted by atomic mass is 35.5. The molecule has 0 aliphatic carbocycles. The number of hydrogen-bond acceptors (Lipinski definition) is 2. The van der Waals surface area contributed by atoms with Crippen LogP contribution in [0.1, 0.15) is 26.3 Å². The van der Waals surface area contributed by atoms with E-state index in [1.165, 1.54) is 6.07 Å². The lowest BCUT2D eigenvalue weighted by Crippen LogP contribution is -2.07. The van der Waals surface area contributed by atoms with E-state index in [-0.39, 0.29) is 11.3 Å². The Morgan fingerprint density at radius 1 is 0.833 bits per heavy atom. The van der Waals surface area contributed by atoms with Gasteiger partial charge in [0.2, 0.25) is 0 Å². The highest BCUT2D eigenvalue weighted by molar-refractivity contribution is 6.68. The maximum absolute atomic E-state index is 12.2. The number of ketones is 1. The second-order valence-electron chi connectivity index (χ2n) is 3.66. The largest absolute Gasteiger partial charge is 0.289 e. The highest BCUT2D eigenvalue weighted by Gasteiger charge is 2.16. The molecule has 4 heteroatoms. The van der Waals surface area contributed by atoms with Crippen LogP contribution in [0.25, 0.3) is 0 Å². The molecule has 0 N–H and O–H groups in total. The second-order valence-corrected chi connectivity index (χ2v) is 4.44. The SMILES string of the molecule is O=C(Cl)c1ccccc1C(=O)c1ccc(Cl)cc1. The molecular formula is C14H8Cl2O2. The monoisotopic (exact) mass is 278 g/mol. The molecular weight excluding hydrogens is 271 g/mol. The van der Waals surface area contributed by atoms with Crippen LogP contribution in [0.2, 0.25) is 5.02 Å². The summed E-state index contributed by atoms with van der Waals surface area (Å²) in [6.07, 6.45) is 0. The minimum atomic E-state index is -0.645. The Morgan fingerprint density at radius 3 is 1.94 bits per heavy atom. The molecule has 0 unspecified atom stereocenters. The van der Waals surface area contributed by atoms with Crippen LogP contribution in [0.4, 0.5) is 0 Å². The van der Waals surface area contributed by atoms with Crippen molar-refractivity contribution in [1.29, 1.82) is 0 Å². The van der Waals surface area contributed by atoms with Gasteiger partial charge in [0.25, 0.3) is 5.24 Å². The molecule has 90 valence electrons. The molecule has 0 heterocycles. The zero-order chi connectivity index (χ0) is 13.1. The van der Waals surface area contributed by atoms with Gasteiger partial charge in [0.05, 0.1) is 0 Å². The summed E-state index contributed by atoms with van der Waals surface area (Å²) in [5.74, 6) is -0.253. The molecule has 0 saturated heterocycles. The van der Waals surface area contributed by atoms with E-state index >= 15 is 0 Å². The zero-order valence-corrected chi connectivity index (χ0v) is 10.7. The normalized spacial score (nSPS) is 10.1. The van der Waals surface area contributed by atoms with Crippen LogP contribution in [0, 0.1) is 0 Å². The van der Waals surface area contributed by atoms with E-state index in [0.717, 1.165) is 0 Å². The van der Waals surface area contributed by atoms with Crippen LogP contribution >= 0.6 is 23.2 Å². The molecule has 0 fully saturated rings. The third kappa shape index (κ3) is 2.61. The van der Waals surface area contributed by atoms with Crippen LogP contribution in [0.5, 0.6) is 0 Å². The molecule has 18 heavy (non-hydrogen) atoms. The van der Waals surface area contributed by atoms with Crippen LogP contribution < -0.4 is 0 Å². The molecule has 0 aliphatic rings. The Morgan fingerprint density at radius 2 is 1.39 bits per heavy atom. The summed E-state index contributed by atoms with van der Waals surface area (Å²) in [6, 6.07) is 12.9. The maximum atomic E-state index is 12.2. The Labute approximate surface area is 114 Å². The molecule has 2 aromatic rings. The Balaban J connectivity index is 2.46. The van der Waals surface area contributed by atoms with Gasteiger partial charge in [0.1, 0.15) is 0 Å². The standard InChI is InChI=1S/C14H8Cl2O2/c15-10-7-5-9(6-8-10)13(17)11-3-1-2-4-12(11)14(16)18/h1-8H. The van der Waals surface area contributed by atoms with E-state index in [4.69, 9.17) is 23.2 Å². The van der Waals surface area contributed by atoms with Crippen molar-refractivity contribution in [3.05, 3.63) is 70.2 Å². The van der Waals surface area contributed by atoms with E-state index < -0.39 is 5.24 Å². The van der Waals surface area contributed by atoms with Crippen molar-refractivity contribution in [2.45, 2.75) is 0 Å². The van der Waals surface area contributed by atoms with Crippen LogP contribution in [0.3, 0.4) is 0 Å². The van der Waals surface area contributed by atoms with Crippen molar-refractivity contribution in [3.63, 3.8) is 0 Å². The number of benzene rings is 2. The molecule has 2 aromatic carbocycles. The van der Waals surface area contributed by atoms with Gasteiger partial charge in [-0.2, -0.15) is 0 Å². The van der Waals surface area contributed by atoms with Crippen LogP contribution in [0.15, 0.2) is 48.5 Å². The van der Waals surface area contributed by atoms with Gasteiger partial charge < -0.3 is 0 Å². The quantitative estimate of drug-likeness (QED) is 0.629. The predicted octanol–water partition coefficient (Wildman–Crippen LogP) is 3.95. The summed E-state index contributed by atoms with van der Waals surface area (Å²) in [7, 11) is 0. The minimum absolute atomic E-state index is 0.208. The Kier molecular flexibility index (Phi) is 3.80. The topological polar surface area (TPSA) is 34.1 Å². The van der Waals surface area contributed by atoms with E-state index in [1.54, 1.807) is 42.5 Å². The van der Waals surface area contributed by atoms with Gasteiger partial charge in [-0.05, 0) is 41.9 Å². The average Bonchev–Trinajstić information content (AvgIpc) is 2.39. The van der Waals surface area contributed by atoms with Gasteiger partial charge in [-0.15, -0.1) is 0 Å². The molecule has 0 atom stereocenters. The summed E-state index contributed by atoms with van der Waals surface area (Å²) in [4.78, 5) is 23.5. The smallest absolute Gasteiger partial charge is 0.253 e. The average molecular weight is 279 g/mol. The third-order valence-electron chi connectivity index (χ3n) is 2.49. The molecule has 0 bridgehead atoms. The number of carbonyl (C=O) groups is 2. The van der Waals surface area contributed by atoms with Crippen molar-refractivity contribution < 1.29 is 9.59 Å². The van der Waals surface area contributed by atoms with Gasteiger partial charge in [-0.25, -0.2) is 0 Å². The summed E-state index contributed by atoms with van der Waals surface area (Å²) in [5, 5.41) is -0.0961.